The van der Waals surface area contributed by atoms with E-state index in [0.717, 1.165) is 5.39 Å². The molecule has 0 saturated heterocycles. The highest BCUT2D eigenvalue weighted by atomic mass is 16.6. The van der Waals surface area contributed by atoms with Gasteiger partial charge in [-0.2, -0.15) is 0 Å². The lowest BCUT2D eigenvalue weighted by Gasteiger charge is -2.09. The number of nitrogens with one attached hydrogen (secondary N) is 1. The van der Waals surface area contributed by atoms with Crippen LogP contribution in [-0.2, 0) is 4.79 Å². The Bertz CT molecular complexity index is 650. The molecule has 0 unspecified atom stereocenters. The number of fused-ring (bicyclic) bond motifs is 1. The van der Waals surface area contributed by atoms with E-state index in [-0.39, 0.29) is 23.2 Å². The Morgan fingerprint density at radius 1 is 1.21 bits per heavy atom. The minimum atomic E-state index is -0.460. The van der Waals surface area contributed by atoms with Crippen LogP contribution in [0.1, 0.15) is 13.8 Å². The molecule has 98 valence electrons. The molecule has 1 amide bonds. The summed E-state index contributed by atoms with van der Waals surface area (Å²) in [5, 5.41) is 15.1. The molecular weight excluding hydrogens is 244 g/mol. The summed E-state index contributed by atoms with van der Waals surface area (Å²) in [4.78, 5) is 22.5. The largest absolute Gasteiger partial charge is 0.320 e. The standard InChI is InChI=1S/C14H14N2O3/c1-9(2)14(17)15-12-8-7-10-5-3-4-6-11(10)13(12)16(18)19/h3-9H,1-2H3,(H,15,17). The van der Waals surface area contributed by atoms with Gasteiger partial charge in [-0.05, 0) is 17.5 Å². The van der Waals surface area contributed by atoms with Crippen LogP contribution in [0.4, 0.5) is 11.4 Å². The highest BCUT2D eigenvalue weighted by molar-refractivity contribution is 6.02. The minimum absolute atomic E-state index is 0.0629. The van der Waals surface area contributed by atoms with E-state index in [1.165, 1.54) is 0 Å². The van der Waals surface area contributed by atoms with Crippen molar-refractivity contribution < 1.29 is 9.72 Å². The predicted molar refractivity (Wildman–Crippen MR) is 74.1 cm³/mol. The van der Waals surface area contributed by atoms with Crippen LogP contribution in [0.25, 0.3) is 10.8 Å². The number of nitro groups is 1. The lowest BCUT2D eigenvalue weighted by atomic mass is 10.1. The van der Waals surface area contributed by atoms with E-state index in [1.807, 2.05) is 6.07 Å². The zero-order chi connectivity index (χ0) is 14.0. The van der Waals surface area contributed by atoms with Gasteiger partial charge in [-0.25, -0.2) is 0 Å². The van der Waals surface area contributed by atoms with Crippen LogP contribution in [0, 0.1) is 16.0 Å². The molecular formula is C14H14N2O3. The molecule has 0 aromatic heterocycles. The number of carbonyl (C=O) groups excluding carboxylic acids is 1. The van der Waals surface area contributed by atoms with Crippen LogP contribution >= 0.6 is 0 Å². The Hall–Kier alpha value is -2.43. The van der Waals surface area contributed by atoms with Crippen molar-refractivity contribution in [2.45, 2.75) is 13.8 Å². The maximum absolute atomic E-state index is 11.7. The molecule has 2 aromatic rings. The Morgan fingerprint density at radius 3 is 2.53 bits per heavy atom. The van der Waals surface area contributed by atoms with Crippen LogP contribution in [0.2, 0.25) is 0 Å². The van der Waals surface area contributed by atoms with E-state index in [4.69, 9.17) is 0 Å². The third-order valence-corrected chi connectivity index (χ3v) is 2.87. The van der Waals surface area contributed by atoms with Gasteiger partial charge in [0, 0.05) is 5.92 Å². The molecule has 0 aliphatic rings. The highest BCUT2D eigenvalue weighted by Crippen LogP contribution is 2.33. The predicted octanol–water partition coefficient (Wildman–Crippen LogP) is 3.34. The molecule has 0 fully saturated rings. The highest BCUT2D eigenvalue weighted by Gasteiger charge is 2.20. The maximum atomic E-state index is 11.7. The summed E-state index contributed by atoms with van der Waals surface area (Å²) < 4.78 is 0. The molecule has 1 N–H and O–H groups in total. The quantitative estimate of drug-likeness (QED) is 0.677. The first-order valence-electron chi connectivity index (χ1n) is 5.97. The first-order valence-corrected chi connectivity index (χ1v) is 5.97. The van der Waals surface area contributed by atoms with Crippen molar-refractivity contribution in [1.29, 1.82) is 0 Å². The van der Waals surface area contributed by atoms with E-state index in [0.29, 0.717) is 5.39 Å². The lowest BCUT2D eigenvalue weighted by molar-refractivity contribution is -0.382. The fraction of sp³-hybridized carbons (Fsp3) is 0.214. The summed E-state index contributed by atoms with van der Waals surface area (Å²) in [5.74, 6) is -0.468. The van der Waals surface area contributed by atoms with Gasteiger partial charge >= 0.3 is 0 Å². The summed E-state index contributed by atoms with van der Waals surface area (Å²) in [6, 6.07) is 10.4. The van der Waals surface area contributed by atoms with Crippen LogP contribution in [0.5, 0.6) is 0 Å². The van der Waals surface area contributed by atoms with E-state index >= 15 is 0 Å². The number of nitro benzene ring substituents is 1. The molecule has 5 heteroatoms. The Balaban J connectivity index is 2.58. The van der Waals surface area contributed by atoms with Gasteiger partial charge in [0.15, 0.2) is 0 Å². The van der Waals surface area contributed by atoms with Gasteiger partial charge in [0.2, 0.25) is 5.91 Å². The van der Waals surface area contributed by atoms with Crippen LogP contribution in [0.3, 0.4) is 0 Å². The molecule has 19 heavy (non-hydrogen) atoms. The Labute approximate surface area is 110 Å². The van der Waals surface area contributed by atoms with Crippen molar-refractivity contribution >= 4 is 28.1 Å². The topological polar surface area (TPSA) is 72.2 Å². The van der Waals surface area contributed by atoms with E-state index < -0.39 is 4.92 Å². The third kappa shape index (κ3) is 2.54. The SMILES string of the molecule is CC(C)C(=O)Nc1ccc2ccccc2c1[N+](=O)[O-]. The first kappa shape index (κ1) is 13.0. The monoisotopic (exact) mass is 258 g/mol. The van der Waals surface area contributed by atoms with Gasteiger partial charge in [-0.15, -0.1) is 0 Å². The molecule has 2 rings (SSSR count). The van der Waals surface area contributed by atoms with Crippen molar-refractivity contribution in [1.82, 2.24) is 0 Å². The molecule has 0 atom stereocenters. The van der Waals surface area contributed by atoms with Crippen molar-refractivity contribution in [2.24, 2.45) is 5.92 Å². The van der Waals surface area contributed by atoms with E-state index in [1.54, 1.807) is 44.2 Å². The second-order valence-corrected chi connectivity index (χ2v) is 4.58. The second kappa shape index (κ2) is 5.06. The fourth-order valence-corrected chi connectivity index (χ4v) is 1.83. The maximum Gasteiger partial charge on any atom is 0.300 e. The van der Waals surface area contributed by atoms with Gasteiger partial charge < -0.3 is 5.32 Å². The summed E-state index contributed by atoms with van der Waals surface area (Å²) in [7, 11) is 0. The molecule has 5 nitrogen and oxygen atoms in total. The molecule has 0 saturated carbocycles. The number of benzene rings is 2. The van der Waals surface area contributed by atoms with E-state index in [9.17, 15) is 14.9 Å². The van der Waals surface area contributed by atoms with E-state index in [2.05, 4.69) is 5.32 Å². The van der Waals surface area contributed by atoms with Gasteiger partial charge in [-0.1, -0.05) is 38.1 Å². The number of anilines is 1. The zero-order valence-electron chi connectivity index (χ0n) is 10.7. The van der Waals surface area contributed by atoms with Crippen molar-refractivity contribution in [3.05, 3.63) is 46.5 Å². The number of carbonyl (C=O) groups is 1. The number of amides is 1. The Kier molecular flexibility index (Phi) is 3.46. The van der Waals surface area contributed by atoms with Crippen LogP contribution in [0.15, 0.2) is 36.4 Å². The molecule has 2 aromatic carbocycles. The van der Waals surface area contributed by atoms with Crippen molar-refractivity contribution in [3.63, 3.8) is 0 Å². The average Bonchev–Trinajstić information content (AvgIpc) is 2.37. The molecule has 0 radical (unpaired) electrons. The number of hydrogen-bond acceptors (Lipinski definition) is 3. The molecule has 0 heterocycles. The van der Waals surface area contributed by atoms with Crippen LogP contribution in [-0.4, -0.2) is 10.8 Å². The summed E-state index contributed by atoms with van der Waals surface area (Å²) in [6.45, 7) is 3.48. The molecule has 0 aliphatic heterocycles. The number of hydrogen-bond donors (Lipinski definition) is 1. The second-order valence-electron chi connectivity index (χ2n) is 4.58. The van der Waals surface area contributed by atoms with Crippen LogP contribution < -0.4 is 5.32 Å². The normalized spacial score (nSPS) is 10.7. The molecule has 0 aliphatic carbocycles. The zero-order valence-corrected chi connectivity index (χ0v) is 10.7. The minimum Gasteiger partial charge on any atom is -0.320 e. The van der Waals surface area contributed by atoms with Gasteiger partial charge in [0.05, 0.1) is 10.3 Å². The molecule has 0 bridgehead atoms. The summed E-state index contributed by atoms with van der Waals surface area (Å²) >= 11 is 0. The van der Waals surface area contributed by atoms with Gasteiger partial charge in [0.1, 0.15) is 5.69 Å². The first-order chi connectivity index (χ1) is 9.00. The average molecular weight is 258 g/mol. The summed E-state index contributed by atoms with van der Waals surface area (Å²) in [5.41, 5.74) is 0.175. The van der Waals surface area contributed by atoms with Gasteiger partial charge in [0.25, 0.3) is 5.69 Å². The number of rotatable bonds is 3. The lowest BCUT2D eigenvalue weighted by Crippen LogP contribution is -2.18. The smallest absolute Gasteiger partial charge is 0.300 e. The molecule has 0 spiro atoms. The summed E-state index contributed by atoms with van der Waals surface area (Å²) in [6.07, 6.45) is 0. The fourth-order valence-electron chi connectivity index (χ4n) is 1.83. The van der Waals surface area contributed by atoms with Gasteiger partial charge in [-0.3, -0.25) is 14.9 Å². The number of nitrogens with zero attached hydrogens (tertiary/aromatic N) is 1. The Morgan fingerprint density at radius 2 is 1.89 bits per heavy atom. The third-order valence-electron chi connectivity index (χ3n) is 2.87. The van der Waals surface area contributed by atoms with Crippen molar-refractivity contribution in [3.8, 4) is 0 Å². The van der Waals surface area contributed by atoms with Crippen molar-refractivity contribution in [2.75, 3.05) is 5.32 Å².